The van der Waals surface area contributed by atoms with Crippen molar-refractivity contribution < 1.29 is 4.74 Å². The van der Waals surface area contributed by atoms with Crippen molar-refractivity contribution in [1.29, 1.82) is 0 Å². The van der Waals surface area contributed by atoms with Crippen LogP contribution in [-0.4, -0.2) is 46.9 Å². The zero-order chi connectivity index (χ0) is 18.5. The first-order valence-corrected chi connectivity index (χ1v) is 9.44. The second-order valence-corrected chi connectivity index (χ2v) is 6.77. The molecule has 0 atom stereocenters. The van der Waals surface area contributed by atoms with E-state index in [4.69, 9.17) is 10.5 Å². The number of nitrogen functional groups attached to an aromatic ring is 1. The van der Waals surface area contributed by atoms with Crippen LogP contribution in [0.25, 0.3) is 10.9 Å². The van der Waals surface area contributed by atoms with Gasteiger partial charge in [-0.05, 0) is 51.1 Å². The predicted octanol–water partition coefficient (Wildman–Crippen LogP) is 1.27. The fourth-order valence-electron chi connectivity index (χ4n) is 3.58. The normalized spacial score (nSPS) is 15.6. The Labute approximate surface area is 153 Å². The van der Waals surface area contributed by atoms with Gasteiger partial charge in [0, 0.05) is 25.4 Å². The summed E-state index contributed by atoms with van der Waals surface area (Å²) >= 11 is 0. The van der Waals surface area contributed by atoms with Gasteiger partial charge in [-0.25, -0.2) is 4.79 Å². The zero-order valence-electron chi connectivity index (χ0n) is 15.4. The second kappa shape index (κ2) is 8.51. The molecule has 1 aliphatic heterocycles. The van der Waals surface area contributed by atoms with Gasteiger partial charge in [-0.15, -0.1) is 0 Å². The maximum atomic E-state index is 13.0. The monoisotopic (exact) mass is 360 g/mol. The molecule has 1 fully saturated rings. The molecule has 142 valence electrons. The summed E-state index contributed by atoms with van der Waals surface area (Å²) in [6, 6.07) is 5.17. The van der Waals surface area contributed by atoms with Crippen LogP contribution >= 0.6 is 0 Å². The molecule has 7 heteroatoms. The number of likely N-dealkylation sites (tertiary alicyclic amines) is 1. The quantitative estimate of drug-likeness (QED) is 0.594. The van der Waals surface area contributed by atoms with Crippen molar-refractivity contribution in [1.82, 2.24) is 14.0 Å². The summed E-state index contributed by atoms with van der Waals surface area (Å²) in [7, 11) is 0. The highest BCUT2D eigenvalue weighted by molar-refractivity contribution is 5.81. The Kier molecular flexibility index (Phi) is 6.11. The summed E-state index contributed by atoms with van der Waals surface area (Å²) in [6.45, 7) is 6.55. The van der Waals surface area contributed by atoms with Gasteiger partial charge in [0.05, 0.1) is 24.1 Å². The molecule has 2 N–H and O–H groups in total. The minimum Gasteiger partial charge on any atom is -0.399 e. The van der Waals surface area contributed by atoms with E-state index >= 15 is 0 Å². The number of nitrogens with zero attached hydrogens (tertiary/aromatic N) is 3. The number of ether oxygens (including phenoxy) is 1. The number of aromatic nitrogens is 2. The van der Waals surface area contributed by atoms with E-state index in [1.54, 1.807) is 22.8 Å². The topological polar surface area (TPSA) is 82.5 Å². The van der Waals surface area contributed by atoms with Crippen molar-refractivity contribution in [2.45, 2.75) is 39.3 Å². The fraction of sp³-hybridized carbons (Fsp3) is 0.579. The van der Waals surface area contributed by atoms with Crippen LogP contribution in [0, 0.1) is 0 Å². The van der Waals surface area contributed by atoms with Crippen LogP contribution in [-0.2, 0) is 17.8 Å². The first-order chi connectivity index (χ1) is 12.6. The number of hydrogen-bond donors (Lipinski definition) is 1. The number of anilines is 1. The number of hydrogen-bond acceptors (Lipinski definition) is 5. The molecule has 2 heterocycles. The van der Waals surface area contributed by atoms with Gasteiger partial charge in [0.2, 0.25) is 0 Å². The molecule has 1 aromatic heterocycles. The molecule has 26 heavy (non-hydrogen) atoms. The maximum absolute atomic E-state index is 13.0. The molecule has 0 aliphatic carbocycles. The van der Waals surface area contributed by atoms with E-state index in [1.807, 2.05) is 6.92 Å². The molecule has 2 aromatic rings. The van der Waals surface area contributed by atoms with E-state index in [0.29, 0.717) is 36.3 Å². The Morgan fingerprint density at radius 3 is 2.54 bits per heavy atom. The SMILES string of the molecule is CCOCCn1c(=O)c2cc(N)ccc2n(CCN2CCCCC2)c1=O. The number of piperidine rings is 1. The molecule has 0 amide bonds. The number of fused-ring (bicyclic) bond motifs is 1. The standard InChI is InChI=1S/C19H28N4O3/c1-2-26-13-12-23-18(24)16-14-15(20)6-7-17(16)22(19(23)25)11-10-21-8-4-3-5-9-21/h6-7,14H,2-5,8-13,20H2,1H3. The average Bonchev–Trinajstić information content (AvgIpc) is 2.65. The Balaban J connectivity index is 1.98. The third-order valence-electron chi connectivity index (χ3n) is 5.00. The van der Waals surface area contributed by atoms with Crippen LogP contribution in [0.4, 0.5) is 5.69 Å². The minimum atomic E-state index is -0.300. The van der Waals surface area contributed by atoms with E-state index in [1.165, 1.54) is 23.8 Å². The summed E-state index contributed by atoms with van der Waals surface area (Å²) < 4.78 is 8.31. The molecular formula is C19H28N4O3. The van der Waals surface area contributed by atoms with Crippen LogP contribution in [0.2, 0.25) is 0 Å². The van der Waals surface area contributed by atoms with Gasteiger partial charge in [-0.3, -0.25) is 13.9 Å². The van der Waals surface area contributed by atoms with E-state index in [2.05, 4.69) is 4.90 Å². The Hall–Kier alpha value is -2.12. The largest absolute Gasteiger partial charge is 0.399 e. The van der Waals surface area contributed by atoms with Gasteiger partial charge in [-0.2, -0.15) is 0 Å². The van der Waals surface area contributed by atoms with Crippen molar-refractivity contribution in [3.8, 4) is 0 Å². The fourth-order valence-corrected chi connectivity index (χ4v) is 3.58. The molecule has 0 saturated carbocycles. The highest BCUT2D eigenvalue weighted by atomic mass is 16.5. The lowest BCUT2D eigenvalue weighted by Gasteiger charge is -2.27. The summed E-state index contributed by atoms with van der Waals surface area (Å²) in [6.07, 6.45) is 3.70. The molecule has 7 nitrogen and oxygen atoms in total. The summed E-state index contributed by atoms with van der Waals surface area (Å²) in [4.78, 5) is 28.1. The summed E-state index contributed by atoms with van der Waals surface area (Å²) in [5, 5.41) is 0.486. The average molecular weight is 360 g/mol. The van der Waals surface area contributed by atoms with Crippen molar-refractivity contribution in [2.24, 2.45) is 0 Å². The zero-order valence-corrected chi connectivity index (χ0v) is 15.4. The van der Waals surface area contributed by atoms with Crippen LogP contribution in [0.5, 0.6) is 0 Å². The maximum Gasteiger partial charge on any atom is 0.331 e. The molecule has 3 rings (SSSR count). The van der Waals surface area contributed by atoms with Crippen molar-refractivity contribution in [3.05, 3.63) is 39.0 Å². The number of rotatable bonds is 7. The third-order valence-corrected chi connectivity index (χ3v) is 5.00. The van der Waals surface area contributed by atoms with Crippen LogP contribution < -0.4 is 17.0 Å². The Morgan fingerprint density at radius 1 is 1.04 bits per heavy atom. The van der Waals surface area contributed by atoms with Crippen LogP contribution in [0.15, 0.2) is 27.8 Å². The van der Waals surface area contributed by atoms with Crippen molar-refractivity contribution in [3.63, 3.8) is 0 Å². The van der Waals surface area contributed by atoms with Gasteiger partial charge < -0.3 is 15.4 Å². The van der Waals surface area contributed by atoms with Crippen molar-refractivity contribution >= 4 is 16.6 Å². The number of nitrogens with two attached hydrogens (primary N) is 1. The summed E-state index contributed by atoms with van der Waals surface area (Å²) in [5.41, 5.74) is 6.47. The highest BCUT2D eigenvalue weighted by Crippen LogP contribution is 2.14. The van der Waals surface area contributed by atoms with Crippen LogP contribution in [0.3, 0.4) is 0 Å². The van der Waals surface area contributed by atoms with Gasteiger partial charge in [0.1, 0.15) is 0 Å². The van der Waals surface area contributed by atoms with Gasteiger partial charge in [0.25, 0.3) is 5.56 Å². The van der Waals surface area contributed by atoms with Gasteiger partial charge >= 0.3 is 5.69 Å². The Morgan fingerprint density at radius 2 is 1.81 bits per heavy atom. The van der Waals surface area contributed by atoms with E-state index in [-0.39, 0.29) is 17.8 Å². The minimum absolute atomic E-state index is 0.250. The first kappa shape index (κ1) is 18.7. The molecule has 1 aromatic carbocycles. The molecule has 1 aliphatic rings. The van der Waals surface area contributed by atoms with E-state index in [0.717, 1.165) is 19.6 Å². The Bertz CT molecular complexity index is 865. The third kappa shape index (κ3) is 3.99. The first-order valence-electron chi connectivity index (χ1n) is 9.44. The second-order valence-electron chi connectivity index (χ2n) is 6.77. The van der Waals surface area contributed by atoms with Crippen LogP contribution in [0.1, 0.15) is 26.2 Å². The molecule has 0 spiro atoms. The summed E-state index contributed by atoms with van der Waals surface area (Å²) in [5.74, 6) is 0. The molecular weight excluding hydrogens is 332 g/mol. The lowest BCUT2D eigenvalue weighted by molar-refractivity contribution is 0.137. The predicted molar refractivity (Wildman–Crippen MR) is 104 cm³/mol. The van der Waals surface area contributed by atoms with E-state index in [9.17, 15) is 9.59 Å². The molecule has 0 radical (unpaired) electrons. The smallest absolute Gasteiger partial charge is 0.331 e. The molecule has 1 saturated heterocycles. The number of benzene rings is 1. The lowest BCUT2D eigenvalue weighted by Crippen LogP contribution is -2.43. The van der Waals surface area contributed by atoms with Crippen molar-refractivity contribution in [2.75, 3.05) is 38.6 Å². The van der Waals surface area contributed by atoms with Gasteiger partial charge in [-0.1, -0.05) is 6.42 Å². The molecule has 0 bridgehead atoms. The lowest BCUT2D eigenvalue weighted by atomic mass is 10.1. The van der Waals surface area contributed by atoms with Gasteiger partial charge in [0.15, 0.2) is 0 Å². The van der Waals surface area contributed by atoms with E-state index < -0.39 is 0 Å². The highest BCUT2D eigenvalue weighted by Gasteiger charge is 2.15. The molecule has 0 unspecified atom stereocenters.